The number of allylic oxidation sites excluding steroid dienone is 2. The molecular formula is C9H14S. The van der Waals surface area contributed by atoms with Crippen molar-refractivity contribution in [2.45, 2.75) is 25.0 Å². The molecule has 0 aromatic rings. The molecule has 0 aromatic carbocycles. The van der Waals surface area contributed by atoms with E-state index in [0.29, 0.717) is 5.25 Å². The maximum absolute atomic E-state index is 2.29. The molecule has 1 aliphatic carbocycles. The highest BCUT2D eigenvalue weighted by Crippen LogP contribution is 2.17. The standard InChI is InChI=1S/C9H14S/c1-2-8-10-9-6-4-3-5-7-9/h4-7,9H,2-3,8H2,1H3. The van der Waals surface area contributed by atoms with Crippen LogP contribution in [0.5, 0.6) is 0 Å². The van der Waals surface area contributed by atoms with E-state index in [1.807, 2.05) is 11.8 Å². The Bertz CT molecular complexity index is 124. The van der Waals surface area contributed by atoms with E-state index in [4.69, 9.17) is 0 Å². The number of rotatable bonds is 3. The predicted molar refractivity (Wildman–Crippen MR) is 49.4 cm³/mol. The van der Waals surface area contributed by atoms with Gasteiger partial charge in [-0.15, -0.1) is 0 Å². The van der Waals surface area contributed by atoms with Crippen molar-refractivity contribution in [3.8, 4) is 0 Å². The van der Waals surface area contributed by atoms with Crippen LogP contribution in [0.15, 0.2) is 24.3 Å². The van der Waals surface area contributed by atoms with E-state index >= 15 is 0 Å². The number of hydrogen-bond donors (Lipinski definition) is 0. The molecule has 1 heteroatoms. The third-order valence-electron chi connectivity index (χ3n) is 1.44. The molecule has 0 amide bonds. The first kappa shape index (κ1) is 7.93. The second-order valence-corrected chi connectivity index (χ2v) is 3.71. The zero-order chi connectivity index (χ0) is 7.23. The molecule has 10 heavy (non-hydrogen) atoms. The first-order valence-electron chi connectivity index (χ1n) is 3.88. The van der Waals surface area contributed by atoms with E-state index < -0.39 is 0 Å². The molecular weight excluding hydrogens is 140 g/mol. The lowest BCUT2D eigenvalue weighted by molar-refractivity contribution is 1.10. The van der Waals surface area contributed by atoms with Crippen molar-refractivity contribution in [1.29, 1.82) is 0 Å². The predicted octanol–water partition coefficient (Wildman–Crippen LogP) is 3.01. The van der Waals surface area contributed by atoms with Gasteiger partial charge >= 0.3 is 0 Å². The van der Waals surface area contributed by atoms with E-state index in [0.717, 1.165) is 6.42 Å². The Morgan fingerprint density at radius 2 is 2.10 bits per heavy atom. The smallest absolute Gasteiger partial charge is 0.0407 e. The summed E-state index contributed by atoms with van der Waals surface area (Å²) in [4.78, 5) is 0. The molecule has 0 spiro atoms. The van der Waals surface area contributed by atoms with Gasteiger partial charge in [-0.3, -0.25) is 0 Å². The quantitative estimate of drug-likeness (QED) is 0.563. The minimum Gasteiger partial charge on any atom is -0.150 e. The molecule has 0 aromatic heterocycles. The summed E-state index contributed by atoms with van der Waals surface area (Å²) in [6.45, 7) is 2.23. The molecule has 0 saturated carbocycles. The molecule has 0 bridgehead atoms. The fourth-order valence-corrected chi connectivity index (χ4v) is 1.89. The van der Waals surface area contributed by atoms with Gasteiger partial charge in [-0.1, -0.05) is 31.2 Å². The Kier molecular flexibility index (Phi) is 3.66. The zero-order valence-electron chi connectivity index (χ0n) is 6.42. The van der Waals surface area contributed by atoms with Gasteiger partial charge in [0.1, 0.15) is 0 Å². The summed E-state index contributed by atoms with van der Waals surface area (Å²) in [5.41, 5.74) is 0. The van der Waals surface area contributed by atoms with Gasteiger partial charge in [0.25, 0.3) is 0 Å². The molecule has 0 radical (unpaired) electrons. The van der Waals surface area contributed by atoms with Crippen molar-refractivity contribution < 1.29 is 0 Å². The van der Waals surface area contributed by atoms with Crippen LogP contribution in [0.1, 0.15) is 19.8 Å². The summed E-state index contributed by atoms with van der Waals surface area (Å²) in [6.07, 6.45) is 11.5. The first-order valence-corrected chi connectivity index (χ1v) is 4.93. The van der Waals surface area contributed by atoms with Crippen LogP contribution < -0.4 is 0 Å². The van der Waals surface area contributed by atoms with Gasteiger partial charge in [0.2, 0.25) is 0 Å². The van der Waals surface area contributed by atoms with Crippen LogP contribution in [-0.4, -0.2) is 11.0 Å². The van der Waals surface area contributed by atoms with Gasteiger partial charge in [0.05, 0.1) is 0 Å². The van der Waals surface area contributed by atoms with Crippen molar-refractivity contribution in [2.24, 2.45) is 0 Å². The molecule has 0 saturated heterocycles. The lowest BCUT2D eigenvalue weighted by Crippen LogP contribution is -1.96. The molecule has 0 heterocycles. The summed E-state index contributed by atoms with van der Waals surface area (Å²) >= 11 is 2.02. The van der Waals surface area contributed by atoms with Crippen LogP contribution in [0.2, 0.25) is 0 Å². The van der Waals surface area contributed by atoms with E-state index in [1.54, 1.807) is 0 Å². The van der Waals surface area contributed by atoms with Crippen molar-refractivity contribution >= 4 is 11.8 Å². The van der Waals surface area contributed by atoms with Crippen molar-refractivity contribution in [3.05, 3.63) is 24.3 Å². The van der Waals surface area contributed by atoms with Crippen LogP contribution in [0.4, 0.5) is 0 Å². The topological polar surface area (TPSA) is 0 Å². The van der Waals surface area contributed by atoms with Crippen molar-refractivity contribution in [3.63, 3.8) is 0 Å². The SMILES string of the molecule is CCCSC1C=CCC=C1. The summed E-state index contributed by atoms with van der Waals surface area (Å²) in [6, 6.07) is 0. The average Bonchev–Trinajstić information content (AvgIpc) is 2.03. The molecule has 0 unspecified atom stereocenters. The Morgan fingerprint density at radius 1 is 1.40 bits per heavy atom. The summed E-state index contributed by atoms with van der Waals surface area (Å²) in [5.74, 6) is 1.28. The highest BCUT2D eigenvalue weighted by molar-refractivity contribution is 8.00. The van der Waals surface area contributed by atoms with Crippen molar-refractivity contribution in [1.82, 2.24) is 0 Å². The summed E-state index contributed by atoms with van der Waals surface area (Å²) < 4.78 is 0. The highest BCUT2D eigenvalue weighted by Gasteiger charge is 2.00. The minimum absolute atomic E-state index is 0.661. The Hall–Kier alpha value is -0.170. The largest absolute Gasteiger partial charge is 0.150 e. The van der Waals surface area contributed by atoms with E-state index in [1.165, 1.54) is 12.2 Å². The van der Waals surface area contributed by atoms with Gasteiger partial charge in [-0.05, 0) is 18.6 Å². The maximum Gasteiger partial charge on any atom is 0.0407 e. The number of hydrogen-bond acceptors (Lipinski definition) is 1. The molecule has 56 valence electrons. The Balaban J connectivity index is 2.20. The zero-order valence-corrected chi connectivity index (χ0v) is 7.23. The van der Waals surface area contributed by atoms with E-state index in [-0.39, 0.29) is 0 Å². The fourth-order valence-electron chi connectivity index (χ4n) is 0.933. The van der Waals surface area contributed by atoms with Crippen LogP contribution in [0.25, 0.3) is 0 Å². The molecule has 0 aliphatic heterocycles. The van der Waals surface area contributed by atoms with Gasteiger partial charge in [-0.25, -0.2) is 0 Å². The first-order chi connectivity index (χ1) is 4.93. The fraction of sp³-hybridized carbons (Fsp3) is 0.556. The molecule has 1 rings (SSSR count). The number of thioether (sulfide) groups is 1. The molecule has 0 N–H and O–H groups in total. The third-order valence-corrected chi connectivity index (χ3v) is 2.78. The minimum atomic E-state index is 0.661. The van der Waals surface area contributed by atoms with Gasteiger partial charge in [-0.2, -0.15) is 11.8 Å². The normalized spacial score (nSPS) is 18.1. The molecule has 0 fully saturated rings. The summed E-state index contributed by atoms with van der Waals surface area (Å²) in [5, 5.41) is 0.661. The summed E-state index contributed by atoms with van der Waals surface area (Å²) in [7, 11) is 0. The lowest BCUT2D eigenvalue weighted by Gasteiger charge is -2.08. The van der Waals surface area contributed by atoms with E-state index in [9.17, 15) is 0 Å². The molecule has 0 nitrogen and oxygen atoms in total. The van der Waals surface area contributed by atoms with Gasteiger partial charge in [0.15, 0.2) is 0 Å². The van der Waals surface area contributed by atoms with E-state index in [2.05, 4.69) is 31.2 Å². The van der Waals surface area contributed by atoms with Crippen LogP contribution in [-0.2, 0) is 0 Å². The molecule has 0 atom stereocenters. The Morgan fingerprint density at radius 3 is 2.70 bits per heavy atom. The van der Waals surface area contributed by atoms with Crippen LogP contribution in [0.3, 0.4) is 0 Å². The van der Waals surface area contributed by atoms with Crippen LogP contribution >= 0.6 is 11.8 Å². The monoisotopic (exact) mass is 154 g/mol. The average molecular weight is 154 g/mol. The third kappa shape index (κ3) is 2.61. The maximum atomic E-state index is 2.29. The van der Waals surface area contributed by atoms with Crippen molar-refractivity contribution in [2.75, 3.05) is 5.75 Å². The second-order valence-electron chi connectivity index (χ2n) is 2.43. The molecule has 1 aliphatic rings. The highest BCUT2D eigenvalue weighted by atomic mass is 32.2. The Labute approximate surface area is 67.4 Å². The second kappa shape index (κ2) is 4.62. The van der Waals surface area contributed by atoms with Gasteiger partial charge < -0.3 is 0 Å². The van der Waals surface area contributed by atoms with Gasteiger partial charge in [0, 0.05) is 5.25 Å². The van der Waals surface area contributed by atoms with Crippen LogP contribution in [0, 0.1) is 0 Å². The lowest BCUT2D eigenvalue weighted by atomic mass is 10.2.